The van der Waals surface area contributed by atoms with Gasteiger partial charge in [0.1, 0.15) is 5.75 Å². The summed E-state index contributed by atoms with van der Waals surface area (Å²) in [5, 5.41) is 6.58. The summed E-state index contributed by atoms with van der Waals surface area (Å²) < 4.78 is 5.19. The number of benzene rings is 3. The molecule has 0 radical (unpaired) electrons. The molecule has 0 spiro atoms. The standard InChI is InChI=1S/C24H22ClN3O3/c25-21-14-19(9-12-22(21)27-15-18-4-2-1-3-5-18)28-24(30)13-8-17-6-10-20(11-7-17)31-16-23(26)29/h1-14,27H,15-16H2,(H2,26,29)(H,28,30)/b13-8+. The Kier molecular flexibility index (Phi) is 7.67. The Hall–Kier alpha value is -3.77. The number of nitrogens with one attached hydrogen (secondary N) is 2. The number of carbonyl (C=O) groups is 2. The third kappa shape index (κ3) is 7.21. The van der Waals surface area contributed by atoms with Gasteiger partial charge < -0.3 is 21.1 Å². The molecular formula is C24H22ClN3O3. The second-order valence-electron chi connectivity index (χ2n) is 6.68. The maximum absolute atomic E-state index is 12.2. The van der Waals surface area contributed by atoms with Gasteiger partial charge >= 0.3 is 0 Å². The van der Waals surface area contributed by atoms with Crippen LogP contribution in [0.1, 0.15) is 11.1 Å². The van der Waals surface area contributed by atoms with Crippen molar-refractivity contribution in [2.24, 2.45) is 5.73 Å². The molecule has 3 aromatic rings. The lowest BCUT2D eigenvalue weighted by molar-refractivity contribution is -0.120. The Morgan fingerprint density at radius 2 is 1.74 bits per heavy atom. The highest BCUT2D eigenvalue weighted by Gasteiger charge is 2.04. The van der Waals surface area contributed by atoms with Gasteiger partial charge in [0.2, 0.25) is 5.91 Å². The fraction of sp³-hybridized carbons (Fsp3) is 0.0833. The number of rotatable bonds is 9. The molecule has 0 aliphatic rings. The van der Waals surface area contributed by atoms with Crippen molar-refractivity contribution in [2.75, 3.05) is 17.2 Å². The van der Waals surface area contributed by atoms with E-state index >= 15 is 0 Å². The number of hydrogen-bond donors (Lipinski definition) is 3. The summed E-state index contributed by atoms with van der Waals surface area (Å²) in [6, 6.07) is 22.2. The van der Waals surface area contributed by atoms with E-state index in [1.807, 2.05) is 36.4 Å². The predicted octanol–water partition coefficient (Wildman–Crippen LogP) is 4.47. The van der Waals surface area contributed by atoms with E-state index in [1.54, 1.807) is 42.5 Å². The lowest BCUT2D eigenvalue weighted by atomic mass is 10.2. The number of ether oxygens (including phenoxy) is 1. The zero-order valence-electron chi connectivity index (χ0n) is 16.7. The maximum atomic E-state index is 12.2. The minimum absolute atomic E-state index is 0.180. The highest BCUT2D eigenvalue weighted by Crippen LogP contribution is 2.26. The van der Waals surface area contributed by atoms with E-state index < -0.39 is 5.91 Å². The van der Waals surface area contributed by atoms with Crippen LogP contribution in [-0.4, -0.2) is 18.4 Å². The summed E-state index contributed by atoms with van der Waals surface area (Å²) in [6.07, 6.45) is 3.10. The van der Waals surface area contributed by atoms with Crippen molar-refractivity contribution in [3.63, 3.8) is 0 Å². The largest absolute Gasteiger partial charge is 0.484 e. The smallest absolute Gasteiger partial charge is 0.255 e. The molecule has 0 aliphatic carbocycles. The van der Waals surface area contributed by atoms with Crippen LogP contribution in [0.4, 0.5) is 11.4 Å². The van der Waals surface area contributed by atoms with Crippen LogP contribution in [0.2, 0.25) is 5.02 Å². The van der Waals surface area contributed by atoms with Crippen LogP contribution in [0.25, 0.3) is 6.08 Å². The van der Waals surface area contributed by atoms with Crippen molar-refractivity contribution in [2.45, 2.75) is 6.54 Å². The lowest BCUT2D eigenvalue weighted by Crippen LogP contribution is -2.19. The summed E-state index contributed by atoms with van der Waals surface area (Å²) >= 11 is 6.34. The Morgan fingerprint density at radius 3 is 2.42 bits per heavy atom. The molecule has 0 aliphatic heterocycles. The van der Waals surface area contributed by atoms with E-state index in [1.165, 1.54) is 6.08 Å². The third-order valence-electron chi connectivity index (χ3n) is 4.25. The second kappa shape index (κ2) is 10.8. The van der Waals surface area contributed by atoms with E-state index in [2.05, 4.69) is 10.6 Å². The summed E-state index contributed by atoms with van der Waals surface area (Å²) in [5.74, 6) is -0.299. The normalized spacial score (nSPS) is 10.6. The van der Waals surface area contributed by atoms with Crippen molar-refractivity contribution in [1.82, 2.24) is 0 Å². The van der Waals surface area contributed by atoms with Crippen molar-refractivity contribution < 1.29 is 14.3 Å². The summed E-state index contributed by atoms with van der Waals surface area (Å²) in [6.45, 7) is 0.474. The lowest BCUT2D eigenvalue weighted by Gasteiger charge is -2.10. The van der Waals surface area contributed by atoms with E-state index in [0.29, 0.717) is 23.0 Å². The average molecular weight is 436 g/mol. The second-order valence-corrected chi connectivity index (χ2v) is 7.09. The molecule has 0 bridgehead atoms. The van der Waals surface area contributed by atoms with Gasteiger partial charge in [0.25, 0.3) is 5.91 Å². The van der Waals surface area contributed by atoms with Gasteiger partial charge in [0.05, 0.1) is 10.7 Å². The number of hydrogen-bond acceptors (Lipinski definition) is 4. The topological polar surface area (TPSA) is 93.5 Å². The number of carbonyl (C=O) groups excluding carboxylic acids is 2. The van der Waals surface area contributed by atoms with E-state index in [9.17, 15) is 9.59 Å². The van der Waals surface area contributed by atoms with Crippen molar-refractivity contribution in [1.29, 1.82) is 0 Å². The van der Waals surface area contributed by atoms with Crippen LogP contribution in [0, 0.1) is 0 Å². The van der Waals surface area contributed by atoms with E-state index in [0.717, 1.165) is 16.8 Å². The fourth-order valence-electron chi connectivity index (χ4n) is 2.71. The Labute approximate surface area is 185 Å². The first-order valence-corrected chi connectivity index (χ1v) is 9.95. The molecule has 158 valence electrons. The number of nitrogens with two attached hydrogens (primary N) is 1. The van der Waals surface area contributed by atoms with Gasteiger partial charge in [-0.3, -0.25) is 9.59 Å². The van der Waals surface area contributed by atoms with Gasteiger partial charge in [-0.25, -0.2) is 0 Å². The van der Waals surface area contributed by atoms with Gasteiger partial charge in [-0.1, -0.05) is 54.1 Å². The molecular weight excluding hydrogens is 414 g/mol. The number of anilines is 2. The molecule has 0 saturated heterocycles. The van der Waals surface area contributed by atoms with Gasteiger partial charge in [0, 0.05) is 18.3 Å². The Bertz CT molecular complexity index is 1070. The first-order valence-electron chi connectivity index (χ1n) is 9.57. The molecule has 31 heavy (non-hydrogen) atoms. The van der Waals surface area contributed by atoms with Gasteiger partial charge in [-0.05, 0) is 47.5 Å². The molecule has 7 heteroatoms. The molecule has 0 saturated carbocycles. The third-order valence-corrected chi connectivity index (χ3v) is 4.56. The number of halogens is 1. The number of amides is 2. The molecule has 0 heterocycles. The van der Waals surface area contributed by atoms with Gasteiger partial charge in [-0.2, -0.15) is 0 Å². The van der Waals surface area contributed by atoms with Gasteiger partial charge in [-0.15, -0.1) is 0 Å². The maximum Gasteiger partial charge on any atom is 0.255 e. The van der Waals surface area contributed by atoms with Crippen LogP contribution in [0.3, 0.4) is 0 Å². The summed E-state index contributed by atoms with van der Waals surface area (Å²) in [7, 11) is 0. The van der Waals surface area contributed by atoms with Crippen LogP contribution >= 0.6 is 11.6 Å². The first-order chi connectivity index (χ1) is 15.0. The van der Waals surface area contributed by atoms with Crippen LogP contribution in [0.5, 0.6) is 5.75 Å². The van der Waals surface area contributed by atoms with E-state index in [4.69, 9.17) is 22.1 Å². The van der Waals surface area contributed by atoms with E-state index in [-0.39, 0.29) is 12.5 Å². The van der Waals surface area contributed by atoms with Gasteiger partial charge in [0.15, 0.2) is 6.61 Å². The van der Waals surface area contributed by atoms with Crippen molar-refractivity contribution in [3.05, 3.63) is 95.0 Å². The monoisotopic (exact) mass is 435 g/mol. The highest BCUT2D eigenvalue weighted by atomic mass is 35.5. The molecule has 0 atom stereocenters. The highest BCUT2D eigenvalue weighted by molar-refractivity contribution is 6.33. The predicted molar refractivity (Wildman–Crippen MR) is 124 cm³/mol. The molecule has 2 amide bonds. The van der Waals surface area contributed by atoms with Crippen molar-refractivity contribution >= 4 is 40.9 Å². The molecule has 0 fully saturated rings. The first kappa shape index (κ1) is 21.9. The minimum Gasteiger partial charge on any atom is -0.484 e. The molecule has 0 unspecified atom stereocenters. The quantitative estimate of drug-likeness (QED) is 0.432. The van der Waals surface area contributed by atoms with Crippen LogP contribution < -0.4 is 21.1 Å². The Balaban J connectivity index is 1.52. The van der Waals surface area contributed by atoms with Crippen LogP contribution in [0.15, 0.2) is 78.9 Å². The molecule has 3 aromatic carbocycles. The van der Waals surface area contributed by atoms with Crippen molar-refractivity contribution in [3.8, 4) is 5.75 Å². The molecule has 4 N–H and O–H groups in total. The fourth-order valence-corrected chi connectivity index (χ4v) is 2.96. The molecule has 0 aromatic heterocycles. The average Bonchev–Trinajstić information content (AvgIpc) is 2.77. The SMILES string of the molecule is NC(=O)COc1ccc(/C=C/C(=O)Nc2ccc(NCc3ccccc3)c(Cl)c2)cc1. The summed E-state index contributed by atoms with van der Waals surface area (Å²) in [4.78, 5) is 22.9. The number of primary amides is 1. The van der Waals surface area contributed by atoms with Crippen LogP contribution in [-0.2, 0) is 16.1 Å². The Morgan fingerprint density at radius 1 is 1.00 bits per heavy atom. The molecule has 6 nitrogen and oxygen atoms in total. The molecule has 3 rings (SSSR count). The summed E-state index contributed by atoms with van der Waals surface area (Å²) in [5.41, 5.74) is 8.38. The zero-order chi connectivity index (χ0) is 22.1. The zero-order valence-corrected chi connectivity index (χ0v) is 17.4. The minimum atomic E-state index is -0.541.